The highest BCUT2D eigenvalue weighted by Crippen LogP contribution is 2.61. The fourth-order valence-electron chi connectivity index (χ4n) is 6.87. The van der Waals surface area contributed by atoms with Gasteiger partial charge in [0.15, 0.2) is 5.82 Å². The van der Waals surface area contributed by atoms with Gasteiger partial charge < -0.3 is 4.74 Å². The monoisotopic (exact) mass is 502 g/mol. The third-order valence-electron chi connectivity index (χ3n) is 8.65. The molecule has 5 aromatic carbocycles. The van der Waals surface area contributed by atoms with Crippen LogP contribution in [0.1, 0.15) is 47.2 Å². The zero-order chi connectivity index (χ0) is 26.2. The maximum atomic E-state index is 6.61. The van der Waals surface area contributed by atoms with Gasteiger partial charge in [-0.15, -0.1) is 0 Å². The fourth-order valence-corrected chi connectivity index (χ4v) is 6.87. The van der Waals surface area contributed by atoms with Crippen LogP contribution in [0.4, 0.5) is 0 Å². The first-order chi connectivity index (χ1) is 19.1. The number of fused-ring (bicyclic) bond motifs is 9. The Morgan fingerprint density at radius 3 is 1.90 bits per heavy atom. The Labute approximate surface area is 227 Å². The number of benzene rings is 5. The Balaban J connectivity index is 1.49. The summed E-state index contributed by atoms with van der Waals surface area (Å²) in [6.45, 7) is 4.67. The van der Waals surface area contributed by atoms with E-state index in [1.54, 1.807) is 0 Å². The molecule has 2 heterocycles. The van der Waals surface area contributed by atoms with Gasteiger partial charge in [-0.05, 0) is 52.6 Å². The average molecular weight is 503 g/mol. The van der Waals surface area contributed by atoms with Crippen molar-refractivity contribution < 1.29 is 4.74 Å². The van der Waals surface area contributed by atoms with Gasteiger partial charge in [0.2, 0.25) is 0 Å². The van der Waals surface area contributed by atoms with Gasteiger partial charge in [-0.1, -0.05) is 98.8 Å². The van der Waals surface area contributed by atoms with Crippen LogP contribution in [0.15, 0.2) is 121 Å². The van der Waals surface area contributed by atoms with E-state index in [1.807, 2.05) is 30.5 Å². The lowest BCUT2D eigenvalue weighted by Crippen LogP contribution is -2.43. The van der Waals surface area contributed by atoms with E-state index in [9.17, 15) is 0 Å². The predicted molar refractivity (Wildman–Crippen MR) is 155 cm³/mol. The van der Waals surface area contributed by atoms with E-state index in [0.29, 0.717) is 5.82 Å². The summed E-state index contributed by atoms with van der Waals surface area (Å²) in [5, 5.41) is 1.03. The molecule has 1 aliphatic heterocycles. The lowest BCUT2D eigenvalue weighted by Gasteiger charge is -2.50. The molecular formula is C36H26N2O. The van der Waals surface area contributed by atoms with Crippen molar-refractivity contribution >= 4 is 10.9 Å². The second kappa shape index (κ2) is 7.87. The van der Waals surface area contributed by atoms with E-state index in [2.05, 4.69) is 105 Å². The van der Waals surface area contributed by atoms with Crippen LogP contribution in [0.2, 0.25) is 0 Å². The van der Waals surface area contributed by atoms with Crippen LogP contribution in [0.3, 0.4) is 0 Å². The molecule has 0 N–H and O–H groups in total. The molecule has 0 radical (unpaired) electrons. The van der Waals surface area contributed by atoms with E-state index < -0.39 is 5.41 Å². The molecule has 1 aliphatic carbocycles. The first-order valence-corrected chi connectivity index (χ1v) is 13.4. The molecule has 0 fully saturated rings. The molecule has 0 amide bonds. The molecule has 2 aliphatic rings. The zero-order valence-electron chi connectivity index (χ0n) is 21.8. The molecule has 0 saturated heterocycles. The van der Waals surface area contributed by atoms with Crippen molar-refractivity contribution in [2.24, 2.45) is 0 Å². The van der Waals surface area contributed by atoms with Crippen molar-refractivity contribution in [3.05, 3.63) is 155 Å². The van der Waals surface area contributed by atoms with Crippen LogP contribution in [0, 0.1) is 0 Å². The summed E-state index contributed by atoms with van der Waals surface area (Å²) in [6.07, 6.45) is 1.91. The SMILES string of the molecule is CC1(C)c2ccccc2C2(c3ccccc3Oc3ccc(-c4ncc5ccccc5n4)cc32)c2ccccc21. The first-order valence-electron chi connectivity index (χ1n) is 13.4. The van der Waals surface area contributed by atoms with Crippen molar-refractivity contribution in [1.29, 1.82) is 0 Å². The third kappa shape index (κ3) is 2.93. The van der Waals surface area contributed by atoms with Gasteiger partial charge in [-0.2, -0.15) is 0 Å². The van der Waals surface area contributed by atoms with Crippen LogP contribution in [-0.4, -0.2) is 9.97 Å². The Morgan fingerprint density at radius 1 is 0.564 bits per heavy atom. The summed E-state index contributed by atoms with van der Waals surface area (Å²) < 4.78 is 6.61. The second-order valence-corrected chi connectivity index (χ2v) is 11.0. The van der Waals surface area contributed by atoms with E-state index in [-0.39, 0.29) is 5.41 Å². The highest BCUT2D eigenvalue weighted by atomic mass is 16.5. The zero-order valence-corrected chi connectivity index (χ0v) is 21.8. The molecule has 0 saturated carbocycles. The molecular weight excluding hydrogens is 476 g/mol. The minimum absolute atomic E-state index is 0.148. The smallest absolute Gasteiger partial charge is 0.159 e. The van der Waals surface area contributed by atoms with Crippen LogP contribution in [-0.2, 0) is 10.8 Å². The lowest BCUT2D eigenvalue weighted by atomic mass is 9.53. The molecule has 0 unspecified atom stereocenters. The van der Waals surface area contributed by atoms with Crippen molar-refractivity contribution in [1.82, 2.24) is 9.97 Å². The number of para-hydroxylation sites is 2. The number of aromatic nitrogens is 2. The highest BCUT2D eigenvalue weighted by Gasteiger charge is 2.52. The van der Waals surface area contributed by atoms with Gasteiger partial charge in [-0.3, -0.25) is 0 Å². The summed E-state index contributed by atoms with van der Waals surface area (Å²) in [4.78, 5) is 9.70. The maximum absolute atomic E-state index is 6.61. The van der Waals surface area contributed by atoms with Crippen LogP contribution < -0.4 is 4.74 Å². The molecule has 39 heavy (non-hydrogen) atoms. The molecule has 0 atom stereocenters. The van der Waals surface area contributed by atoms with E-state index in [4.69, 9.17) is 14.7 Å². The van der Waals surface area contributed by atoms with Crippen LogP contribution in [0.25, 0.3) is 22.3 Å². The summed E-state index contributed by atoms with van der Waals surface area (Å²) in [6, 6.07) is 40.9. The predicted octanol–water partition coefficient (Wildman–Crippen LogP) is 8.42. The largest absolute Gasteiger partial charge is 0.457 e. The van der Waals surface area contributed by atoms with E-state index in [0.717, 1.165) is 39.1 Å². The number of hydrogen-bond acceptors (Lipinski definition) is 3. The molecule has 0 bridgehead atoms. The van der Waals surface area contributed by atoms with E-state index in [1.165, 1.54) is 22.3 Å². The summed E-state index contributed by atoms with van der Waals surface area (Å²) in [5.41, 5.74) is 8.75. The van der Waals surface area contributed by atoms with Gasteiger partial charge in [0.05, 0.1) is 10.9 Å². The second-order valence-electron chi connectivity index (χ2n) is 11.0. The molecule has 186 valence electrons. The highest BCUT2D eigenvalue weighted by molar-refractivity contribution is 5.81. The molecule has 6 aromatic rings. The molecule has 3 nitrogen and oxygen atoms in total. The van der Waals surface area contributed by atoms with E-state index >= 15 is 0 Å². The number of rotatable bonds is 1. The van der Waals surface area contributed by atoms with Gasteiger partial charge >= 0.3 is 0 Å². The fraction of sp³-hybridized carbons (Fsp3) is 0.111. The molecule has 1 aromatic heterocycles. The summed E-state index contributed by atoms with van der Waals surface area (Å²) in [7, 11) is 0. The lowest BCUT2D eigenvalue weighted by molar-refractivity contribution is 0.425. The summed E-state index contributed by atoms with van der Waals surface area (Å²) >= 11 is 0. The number of nitrogens with zero attached hydrogens (tertiary/aromatic N) is 2. The Morgan fingerprint density at radius 2 is 1.15 bits per heavy atom. The van der Waals surface area contributed by atoms with Gasteiger partial charge in [-0.25, -0.2) is 9.97 Å². The Kier molecular flexibility index (Phi) is 4.49. The van der Waals surface area contributed by atoms with Gasteiger partial charge in [0.1, 0.15) is 11.5 Å². The molecule has 3 heteroatoms. The molecule has 1 spiro atoms. The van der Waals surface area contributed by atoms with Crippen molar-refractivity contribution in [2.75, 3.05) is 0 Å². The minimum atomic E-state index is -0.542. The number of ether oxygens (including phenoxy) is 1. The quantitative estimate of drug-likeness (QED) is 0.226. The Bertz CT molecular complexity index is 1890. The van der Waals surface area contributed by atoms with Crippen molar-refractivity contribution in [2.45, 2.75) is 24.7 Å². The van der Waals surface area contributed by atoms with Crippen molar-refractivity contribution in [3.8, 4) is 22.9 Å². The van der Waals surface area contributed by atoms with Crippen LogP contribution in [0.5, 0.6) is 11.5 Å². The molecule has 8 rings (SSSR count). The topological polar surface area (TPSA) is 35.0 Å². The third-order valence-corrected chi connectivity index (χ3v) is 8.65. The minimum Gasteiger partial charge on any atom is -0.457 e. The van der Waals surface area contributed by atoms with Gasteiger partial charge in [0, 0.05) is 33.7 Å². The summed E-state index contributed by atoms with van der Waals surface area (Å²) in [5.74, 6) is 2.47. The first kappa shape index (κ1) is 22.2. The van der Waals surface area contributed by atoms with Crippen LogP contribution >= 0.6 is 0 Å². The normalized spacial score (nSPS) is 15.5. The maximum Gasteiger partial charge on any atom is 0.159 e. The average Bonchev–Trinajstić information content (AvgIpc) is 2.99. The number of hydrogen-bond donors (Lipinski definition) is 0. The van der Waals surface area contributed by atoms with Gasteiger partial charge in [0.25, 0.3) is 0 Å². The van der Waals surface area contributed by atoms with Crippen molar-refractivity contribution in [3.63, 3.8) is 0 Å². The Hall–Kier alpha value is -4.76. The standard InChI is InChI=1S/C36H26N2O/c1-35(2)25-12-4-6-14-27(25)36(28-15-7-5-13-26(28)35)29-16-8-10-18-32(29)39-33-20-19-23(21-30(33)36)34-37-22-24-11-3-9-17-31(24)38-34/h3-22H,1-2H3.